The number of nitrogens with zero attached hydrogens (tertiary/aromatic N) is 2. The Bertz CT molecular complexity index is 1150. The normalized spacial score (nSPS) is 18.6. The maximum atomic E-state index is 13.8. The Hall–Kier alpha value is -3.30. The van der Waals surface area contributed by atoms with Gasteiger partial charge in [0.1, 0.15) is 6.04 Å². The lowest BCUT2D eigenvalue weighted by Crippen LogP contribution is -2.55. The van der Waals surface area contributed by atoms with Gasteiger partial charge < -0.3 is 21.1 Å². The van der Waals surface area contributed by atoms with Crippen molar-refractivity contribution in [3.63, 3.8) is 0 Å². The minimum atomic E-state index is -0.817. The number of pyridine rings is 1. The summed E-state index contributed by atoms with van der Waals surface area (Å²) in [6.45, 7) is 11.1. The highest BCUT2D eigenvalue weighted by atomic mass is 16.3. The number of aliphatic hydroxyl groups excluding tert-OH is 1. The third-order valence-electron chi connectivity index (χ3n) is 8.08. The molecule has 1 saturated heterocycles. The number of amides is 3. The Kier molecular flexibility index (Phi) is 13.1. The van der Waals surface area contributed by atoms with Crippen LogP contribution < -0.4 is 16.0 Å². The van der Waals surface area contributed by atoms with Gasteiger partial charge in [-0.15, -0.1) is 0 Å². The van der Waals surface area contributed by atoms with Crippen LogP contribution in [0.3, 0.4) is 0 Å². The highest BCUT2D eigenvalue weighted by Gasteiger charge is 2.34. The Labute approximate surface area is 257 Å². The van der Waals surface area contributed by atoms with E-state index in [1.807, 2.05) is 83.1 Å². The fraction of sp³-hybridized carbons (Fsp3) is 0.588. The van der Waals surface area contributed by atoms with Crippen LogP contribution in [0, 0.1) is 11.8 Å². The zero-order valence-electron chi connectivity index (χ0n) is 26.5. The van der Waals surface area contributed by atoms with Gasteiger partial charge in [0.25, 0.3) is 0 Å². The van der Waals surface area contributed by atoms with Crippen LogP contribution in [0.4, 0.5) is 0 Å². The van der Waals surface area contributed by atoms with E-state index >= 15 is 0 Å². The van der Waals surface area contributed by atoms with E-state index < -0.39 is 18.1 Å². The van der Waals surface area contributed by atoms with Crippen LogP contribution in [0.2, 0.25) is 0 Å². The first kappa shape index (κ1) is 34.2. The van der Waals surface area contributed by atoms with Crippen molar-refractivity contribution in [1.82, 2.24) is 25.8 Å². The minimum absolute atomic E-state index is 0.0221. The molecular formula is C34H51N5O4. The van der Waals surface area contributed by atoms with Crippen molar-refractivity contribution < 1.29 is 19.5 Å². The summed E-state index contributed by atoms with van der Waals surface area (Å²) in [5.74, 6) is -1.19. The van der Waals surface area contributed by atoms with Crippen LogP contribution in [0.1, 0.15) is 78.0 Å². The van der Waals surface area contributed by atoms with Crippen LogP contribution in [0.25, 0.3) is 0 Å². The quantitative estimate of drug-likeness (QED) is 0.265. The van der Waals surface area contributed by atoms with Crippen molar-refractivity contribution in [2.75, 3.05) is 13.1 Å². The summed E-state index contributed by atoms with van der Waals surface area (Å²) in [6, 6.07) is 14.2. The second kappa shape index (κ2) is 16.5. The fourth-order valence-electron chi connectivity index (χ4n) is 5.58. The minimum Gasteiger partial charge on any atom is -0.392 e. The highest BCUT2D eigenvalue weighted by molar-refractivity contribution is 5.88. The molecule has 9 nitrogen and oxygen atoms in total. The number of aromatic nitrogens is 1. The van der Waals surface area contributed by atoms with E-state index in [-0.39, 0.29) is 48.2 Å². The summed E-state index contributed by atoms with van der Waals surface area (Å²) in [7, 11) is 0. The Balaban J connectivity index is 1.72. The van der Waals surface area contributed by atoms with E-state index in [1.165, 1.54) is 0 Å². The number of nitrogens with one attached hydrogen (secondary N) is 3. The fourth-order valence-corrected chi connectivity index (χ4v) is 5.58. The highest BCUT2D eigenvalue weighted by Crippen LogP contribution is 2.22. The Morgan fingerprint density at radius 2 is 1.77 bits per heavy atom. The largest absolute Gasteiger partial charge is 0.392 e. The first-order chi connectivity index (χ1) is 20.5. The van der Waals surface area contributed by atoms with Gasteiger partial charge in [0.2, 0.25) is 17.7 Å². The predicted octanol–water partition coefficient (Wildman–Crippen LogP) is 3.61. The number of carbonyl (C=O) groups excluding carboxylic acids is 3. The van der Waals surface area contributed by atoms with Gasteiger partial charge >= 0.3 is 0 Å². The molecule has 1 unspecified atom stereocenters. The van der Waals surface area contributed by atoms with Crippen molar-refractivity contribution in [3.8, 4) is 0 Å². The molecule has 43 heavy (non-hydrogen) atoms. The number of aliphatic hydroxyl groups is 1. The lowest BCUT2D eigenvalue weighted by molar-refractivity contribution is -0.133. The van der Waals surface area contributed by atoms with Crippen LogP contribution in [-0.4, -0.2) is 69.5 Å². The number of β-amino-alcohol motifs (C(OH)–C–C–N with tert-alkyl or cyclic N) is 1. The molecule has 1 aromatic carbocycles. The number of hydrogen-bond donors (Lipinski definition) is 4. The zero-order valence-corrected chi connectivity index (χ0v) is 26.5. The molecule has 0 aliphatic carbocycles. The second-order valence-corrected chi connectivity index (χ2v) is 12.9. The predicted molar refractivity (Wildman–Crippen MR) is 169 cm³/mol. The van der Waals surface area contributed by atoms with Gasteiger partial charge in [-0.25, -0.2) is 0 Å². The van der Waals surface area contributed by atoms with Crippen molar-refractivity contribution >= 4 is 17.7 Å². The second-order valence-electron chi connectivity index (χ2n) is 12.9. The van der Waals surface area contributed by atoms with E-state index in [2.05, 4.69) is 25.8 Å². The molecule has 9 heteroatoms. The van der Waals surface area contributed by atoms with Crippen LogP contribution >= 0.6 is 0 Å². The molecule has 0 saturated carbocycles. The molecule has 2 aromatic rings. The number of rotatable bonds is 14. The van der Waals surface area contributed by atoms with Crippen LogP contribution in [-0.2, 0) is 27.3 Å². The molecule has 4 N–H and O–H groups in total. The average Bonchev–Trinajstić information content (AvgIpc) is 2.98. The third kappa shape index (κ3) is 11.4. The maximum absolute atomic E-state index is 13.8. The van der Waals surface area contributed by atoms with Gasteiger partial charge in [0.15, 0.2) is 0 Å². The Morgan fingerprint density at radius 3 is 2.42 bits per heavy atom. The summed E-state index contributed by atoms with van der Waals surface area (Å²) in [6.07, 6.45) is 4.89. The van der Waals surface area contributed by atoms with Crippen LogP contribution in [0.15, 0.2) is 54.7 Å². The summed E-state index contributed by atoms with van der Waals surface area (Å²) in [5, 5.41) is 20.3. The van der Waals surface area contributed by atoms with Gasteiger partial charge in [-0.2, -0.15) is 0 Å². The molecule has 2 heterocycles. The molecule has 0 bridgehead atoms. The molecule has 1 aliphatic rings. The van der Waals surface area contributed by atoms with E-state index in [0.717, 1.165) is 37.1 Å². The molecular weight excluding hydrogens is 542 g/mol. The standard InChI is InChI=1S/C34H51N5O4/c1-6-24(2)30(33(43)36-22-27-16-10-12-18-35-27)37-31(41)26(20-25-14-8-7-9-15-25)21-28(40)23-39-19-13-11-17-29(39)32(42)38-34(3,4)5/h7-10,12,14-16,18,24,26,28-30,40H,6,11,13,17,19-23H2,1-5H3,(H,36,43)(H,37,41)(H,38,42)/t24-,26+,28?,29-,30-/m0/s1. The van der Waals surface area contributed by atoms with Gasteiger partial charge in [-0.05, 0) is 76.6 Å². The number of carbonyl (C=O) groups is 3. The lowest BCUT2D eigenvalue weighted by Gasteiger charge is -2.37. The average molecular weight is 594 g/mol. The first-order valence-electron chi connectivity index (χ1n) is 15.7. The molecule has 236 valence electrons. The first-order valence-corrected chi connectivity index (χ1v) is 15.7. The van der Waals surface area contributed by atoms with Crippen molar-refractivity contribution in [1.29, 1.82) is 0 Å². The van der Waals surface area contributed by atoms with E-state index in [1.54, 1.807) is 6.20 Å². The SMILES string of the molecule is CC[C@H](C)[C@H](NC(=O)[C@H](Cc1ccccc1)CC(O)CN1CCCC[C@H]1C(=O)NC(C)(C)C)C(=O)NCc1ccccn1. The molecule has 3 amide bonds. The molecule has 1 aromatic heterocycles. The number of piperidine rings is 1. The maximum Gasteiger partial charge on any atom is 0.243 e. The molecule has 1 fully saturated rings. The van der Waals surface area contributed by atoms with Crippen molar-refractivity contribution in [2.45, 2.75) is 103 Å². The monoisotopic (exact) mass is 593 g/mol. The molecule has 0 radical (unpaired) electrons. The van der Waals surface area contributed by atoms with Crippen molar-refractivity contribution in [3.05, 3.63) is 66.0 Å². The summed E-state index contributed by atoms with van der Waals surface area (Å²) >= 11 is 0. The number of likely N-dealkylation sites (tertiary alicyclic amines) is 1. The Morgan fingerprint density at radius 1 is 1.05 bits per heavy atom. The lowest BCUT2D eigenvalue weighted by atomic mass is 9.90. The van der Waals surface area contributed by atoms with E-state index in [0.29, 0.717) is 19.4 Å². The molecule has 1 aliphatic heterocycles. The smallest absolute Gasteiger partial charge is 0.243 e. The number of benzene rings is 1. The van der Waals surface area contributed by atoms with Gasteiger partial charge in [-0.1, -0.05) is 63.1 Å². The number of hydrogen-bond acceptors (Lipinski definition) is 6. The van der Waals surface area contributed by atoms with Gasteiger partial charge in [-0.3, -0.25) is 24.3 Å². The van der Waals surface area contributed by atoms with E-state index in [4.69, 9.17) is 0 Å². The zero-order chi connectivity index (χ0) is 31.4. The summed E-state index contributed by atoms with van der Waals surface area (Å²) < 4.78 is 0. The molecule has 5 atom stereocenters. The summed E-state index contributed by atoms with van der Waals surface area (Å²) in [5.41, 5.74) is 1.38. The van der Waals surface area contributed by atoms with Gasteiger partial charge in [0, 0.05) is 24.2 Å². The third-order valence-corrected chi connectivity index (χ3v) is 8.08. The van der Waals surface area contributed by atoms with Crippen LogP contribution in [0.5, 0.6) is 0 Å². The van der Waals surface area contributed by atoms with E-state index in [9.17, 15) is 19.5 Å². The topological polar surface area (TPSA) is 124 Å². The summed E-state index contributed by atoms with van der Waals surface area (Å²) in [4.78, 5) is 46.5. The molecule has 3 rings (SSSR count). The van der Waals surface area contributed by atoms with Crippen molar-refractivity contribution in [2.24, 2.45) is 11.8 Å². The van der Waals surface area contributed by atoms with Gasteiger partial charge in [0.05, 0.1) is 24.4 Å². The molecule has 0 spiro atoms.